The fourth-order valence-electron chi connectivity index (χ4n) is 2.19. The molecular weight excluding hydrogens is 347 g/mol. The van der Waals surface area contributed by atoms with Crippen LogP contribution in [0.3, 0.4) is 0 Å². The highest BCUT2D eigenvalue weighted by Gasteiger charge is 2.17. The fraction of sp³-hybridized carbons (Fsp3) is 0.235. The summed E-state index contributed by atoms with van der Waals surface area (Å²) in [7, 11) is 1.72. The number of amides is 1. The van der Waals surface area contributed by atoms with Gasteiger partial charge in [-0.05, 0) is 36.3 Å². The highest BCUT2D eigenvalue weighted by molar-refractivity contribution is 9.09. The lowest BCUT2D eigenvalue weighted by molar-refractivity contribution is 0.0989. The number of hydrogen-bond donors (Lipinski definition) is 1. The van der Waals surface area contributed by atoms with Crippen molar-refractivity contribution in [3.05, 3.63) is 59.2 Å². The molecule has 1 heterocycles. The van der Waals surface area contributed by atoms with Gasteiger partial charge in [-0.1, -0.05) is 41.1 Å². The third-order valence-corrected chi connectivity index (χ3v) is 3.96. The Morgan fingerprint density at radius 1 is 1.36 bits per heavy atom. The van der Waals surface area contributed by atoms with Gasteiger partial charge in [0.1, 0.15) is 11.5 Å². The smallest absolute Gasteiger partial charge is 0.274 e. The van der Waals surface area contributed by atoms with Crippen molar-refractivity contribution >= 4 is 33.6 Å². The lowest BCUT2D eigenvalue weighted by Crippen LogP contribution is -2.26. The van der Waals surface area contributed by atoms with Gasteiger partial charge in [0.05, 0.1) is 5.33 Å². The summed E-state index contributed by atoms with van der Waals surface area (Å²) in [5, 5.41) is 0.155. The van der Waals surface area contributed by atoms with Crippen molar-refractivity contribution < 1.29 is 9.18 Å². The molecule has 0 unspecified atom stereocenters. The molecule has 1 N–H and O–H groups in total. The number of aromatic nitrogens is 1. The first-order valence-corrected chi connectivity index (χ1v) is 8.16. The maximum Gasteiger partial charge on any atom is 0.274 e. The number of benzene rings is 1. The predicted molar refractivity (Wildman–Crippen MR) is 92.2 cm³/mol. The molecular formula is C17H18BrFN2O. The maximum atomic E-state index is 13.5. The highest BCUT2D eigenvalue weighted by atomic mass is 79.9. The van der Waals surface area contributed by atoms with E-state index in [2.05, 4.69) is 20.9 Å². The van der Waals surface area contributed by atoms with Gasteiger partial charge in [-0.15, -0.1) is 0 Å². The van der Waals surface area contributed by atoms with E-state index in [0.717, 1.165) is 17.7 Å². The standard InChI is InChI=1S/C17H18BrFN2O/c1-3-12-9-16(20-15(12)10-13(19)11-18)17(22)21(2)14-7-5-4-6-8-14/h4-10,20H,3,11H2,1-2H3/b13-10+. The summed E-state index contributed by atoms with van der Waals surface area (Å²) in [5.41, 5.74) is 2.82. The fourth-order valence-corrected chi connectivity index (χ4v) is 2.36. The van der Waals surface area contributed by atoms with Crippen LogP contribution in [0.5, 0.6) is 0 Å². The number of carbonyl (C=O) groups is 1. The summed E-state index contributed by atoms with van der Waals surface area (Å²) in [6.07, 6.45) is 2.15. The van der Waals surface area contributed by atoms with Gasteiger partial charge in [0, 0.05) is 18.4 Å². The summed E-state index contributed by atoms with van der Waals surface area (Å²) in [6, 6.07) is 11.2. The van der Waals surface area contributed by atoms with Gasteiger partial charge in [0.2, 0.25) is 0 Å². The number of para-hydroxylation sites is 1. The van der Waals surface area contributed by atoms with Crippen molar-refractivity contribution in [1.29, 1.82) is 0 Å². The van der Waals surface area contributed by atoms with Crippen molar-refractivity contribution in [2.24, 2.45) is 0 Å². The molecule has 2 aromatic rings. The molecule has 1 aromatic heterocycles. The summed E-state index contributed by atoms with van der Waals surface area (Å²) in [5.74, 6) is -0.438. The topological polar surface area (TPSA) is 36.1 Å². The van der Waals surface area contributed by atoms with E-state index in [1.807, 2.05) is 37.3 Å². The van der Waals surface area contributed by atoms with Gasteiger partial charge < -0.3 is 9.88 Å². The molecule has 0 aliphatic carbocycles. The Bertz CT molecular complexity index is 679. The van der Waals surface area contributed by atoms with Crippen LogP contribution >= 0.6 is 15.9 Å². The molecule has 0 saturated heterocycles. The average molecular weight is 365 g/mol. The molecule has 0 spiro atoms. The van der Waals surface area contributed by atoms with Crippen molar-refractivity contribution in [2.45, 2.75) is 13.3 Å². The first kappa shape index (κ1) is 16.5. The summed E-state index contributed by atoms with van der Waals surface area (Å²) < 4.78 is 13.5. The summed E-state index contributed by atoms with van der Waals surface area (Å²) >= 11 is 3.08. The van der Waals surface area contributed by atoms with E-state index in [9.17, 15) is 9.18 Å². The SMILES string of the molecule is CCc1cc(C(=O)N(C)c2ccccc2)[nH]c1/C=C(/F)CBr. The molecule has 0 aliphatic rings. The maximum absolute atomic E-state index is 13.5. The number of rotatable bonds is 5. The van der Waals surface area contributed by atoms with E-state index < -0.39 is 0 Å². The van der Waals surface area contributed by atoms with Gasteiger partial charge in [-0.3, -0.25) is 4.79 Å². The molecule has 116 valence electrons. The highest BCUT2D eigenvalue weighted by Crippen LogP contribution is 2.20. The molecule has 0 fully saturated rings. The number of anilines is 1. The Morgan fingerprint density at radius 2 is 2.05 bits per heavy atom. The molecule has 1 amide bonds. The van der Waals surface area contributed by atoms with Crippen LogP contribution in [0.4, 0.5) is 10.1 Å². The van der Waals surface area contributed by atoms with Crippen LogP contribution in [0, 0.1) is 0 Å². The van der Waals surface area contributed by atoms with Gasteiger partial charge in [0.15, 0.2) is 0 Å². The number of allylic oxidation sites excluding steroid dienone is 1. The largest absolute Gasteiger partial charge is 0.351 e. The van der Waals surface area contributed by atoms with Crippen LogP contribution < -0.4 is 4.90 Å². The van der Waals surface area contributed by atoms with Gasteiger partial charge >= 0.3 is 0 Å². The van der Waals surface area contributed by atoms with Crippen molar-refractivity contribution in [3.8, 4) is 0 Å². The molecule has 5 heteroatoms. The second kappa shape index (κ2) is 7.40. The van der Waals surface area contributed by atoms with Crippen LogP contribution in [-0.4, -0.2) is 23.3 Å². The van der Waals surface area contributed by atoms with Crippen LogP contribution in [0.1, 0.15) is 28.7 Å². The normalized spacial score (nSPS) is 11.5. The number of halogens is 2. The van der Waals surface area contributed by atoms with Crippen molar-refractivity contribution in [1.82, 2.24) is 4.98 Å². The molecule has 0 radical (unpaired) electrons. The molecule has 1 aromatic carbocycles. The molecule has 0 bridgehead atoms. The number of nitrogens with zero attached hydrogens (tertiary/aromatic N) is 1. The molecule has 2 rings (SSSR count). The predicted octanol–water partition coefficient (Wildman–Crippen LogP) is 4.56. The minimum absolute atomic E-state index is 0.153. The van der Waals surface area contributed by atoms with Crippen molar-refractivity contribution in [2.75, 3.05) is 17.3 Å². The number of nitrogens with one attached hydrogen (secondary N) is 1. The monoisotopic (exact) mass is 364 g/mol. The van der Waals surface area contributed by atoms with Gasteiger partial charge in [-0.25, -0.2) is 4.39 Å². The van der Waals surface area contributed by atoms with E-state index in [1.54, 1.807) is 18.0 Å². The number of hydrogen-bond acceptors (Lipinski definition) is 1. The van der Waals surface area contributed by atoms with E-state index in [0.29, 0.717) is 11.4 Å². The van der Waals surface area contributed by atoms with Gasteiger partial charge in [-0.2, -0.15) is 0 Å². The average Bonchev–Trinajstić information content (AvgIpc) is 2.96. The van der Waals surface area contributed by atoms with Crippen LogP contribution in [-0.2, 0) is 6.42 Å². The number of H-pyrrole nitrogens is 1. The van der Waals surface area contributed by atoms with Crippen LogP contribution in [0.2, 0.25) is 0 Å². The number of alkyl halides is 1. The Hall–Kier alpha value is -1.88. The van der Waals surface area contributed by atoms with E-state index in [-0.39, 0.29) is 17.1 Å². The van der Waals surface area contributed by atoms with E-state index >= 15 is 0 Å². The zero-order chi connectivity index (χ0) is 16.1. The number of aryl methyl sites for hydroxylation is 1. The van der Waals surface area contributed by atoms with Crippen molar-refractivity contribution in [3.63, 3.8) is 0 Å². The molecule has 0 saturated carbocycles. The Kier molecular flexibility index (Phi) is 5.55. The Labute approximate surface area is 138 Å². The molecule has 0 aliphatic heterocycles. The zero-order valence-corrected chi connectivity index (χ0v) is 14.2. The first-order chi connectivity index (χ1) is 10.6. The number of carbonyl (C=O) groups excluding carboxylic acids is 1. The third kappa shape index (κ3) is 3.65. The quantitative estimate of drug-likeness (QED) is 0.775. The Balaban J connectivity index is 2.31. The Morgan fingerprint density at radius 3 is 2.64 bits per heavy atom. The lowest BCUT2D eigenvalue weighted by atomic mass is 10.1. The van der Waals surface area contributed by atoms with Gasteiger partial charge in [0.25, 0.3) is 5.91 Å². The van der Waals surface area contributed by atoms with E-state index in [1.165, 1.54) is 6.08 Å². The van der Waals surface area contributed by atoms with Crippen LogP contribution in [0.15, 0.2) is 42.2 Å². The second-order valence-corrected chi connectivity index (χ2v) is 5.46. The zero-order valence-electron chi connectivity index (χ0n) is 12.6. The summed E-state index contributed by atoms with van der Waals surface area (Å²) in [6.45, 7) is 1.97. The molecule has 22 heavy (non-hydrogen) atoms. The minimum Gasteiger partial charge on any atom is -0.351 e. The number of aromatic amines is 1. The second-order valence-electron chi connectivity index (χ2n) is 4.90. The van der Waals surface area contributed by atoms with Crippen LogP contribution in [0.25, 0.3) is 6.08 Å². The lowest BCUT2D eigenvalue weighted by Gasteiger charge is -2.16. The first-order valence-electron chi connectivity index (χ1n) is 7.03. The molecule has 3 nitrogen and oxygen atoms in total. The summed E-state index contributed by atoms with van der Waals surface area (Å²) in [4.78, 5) is 17.1. The third-order valence-electron chi connectivity index (χ3n) is 3.42. The molecule has 0 atom stereocenters. The minimum atomic E-state index is -0.285. The van der Waals surface area contributed by atoms with E-state index in [4.69, 9.17) is 0 Å².